The minimum atomic E-state index is -0.617. The number of esters is 1. The highest BCUT2D eigenvalue weighted by atomic mass is 16.6. The van der Waals surface area contributed by atoms with E-state index in [1.54, 1.807) is 0 Å². The van der Waals surface area contributed by atoms with Crippen LogP contribution < -0.4 is 0 Å². The molecule has 0 rings (SSSR count). The topological polar surface area (TPSA) is 66.8 Å². The highest BCUT2D eigenvalue weighted by Crippen LogP contribution is 2.03. The van der Waals surface area contributed by atoms with Crippen molar-refractivity contribution in [2.45, 2.75) is 6.42 Å². The van der Waals surface area contributed by atoms with Crippen LogP contribution in [0.1, 0.15) is 6.42 Å². The fourth-order valence-electron chi connectivity index (χ4n) is 0.567. The first-order valence-electron chi connectivity index (χ1n) is 3.24. The third-order valence-electron chi connectivity index (χ3n) is 1.22. The first-order valence-corrected chi connectivity index (χ1v) is 3.24. The van der Waals surface area contributed by atoms with Crippen LogP contribution in [0.25, 0.3) is 0 Å². The third-order valence-corrected chi connectivity index (χ3v) is 1.22. The van der Waals surface area contributed by atoms with Crippen LogP contribution in [0.4, 0.5) is 0 Å². The predicted octanol–water partition coefficient (Wildman–Crippen LogP) is -0.336. The number of carbonyl (C=O) groups excluding carboxylic acids is 1. The second kappa shape index (κ2) is 5.88. The normalized spacial score (nSPS) is 12.2. The number of ether oxygens (including phenoxy) is 1. The summed E-state index contributed by atoms with van der Waals surface area (Å²) in [4.78, 5) is 10.6. The molecular formula is C7H12O4. The summed E-state index contributed by atoms with van der Waals surface area (Å²) in [7, 11) is 0. The van der Waals surface area contributed by atoms with E-state index >= 15 is 0 Å². The lowest BCUT2D eigenvalue weighted by atomic mass is 10.1. The van der Waals surface area contributed by atoms with E-state index in [-0.39, 0.29) is 18.9 Å². The molecule has 0 radical (unpaired) electrons. The summed E-state index contributed by atoms with van der Waals surface area (Å²) in [5.74, 6) is -0.819. The zero-order chi connectivity index (χ0) is 8.69. The van der Waals surface area contributed by atoms with Crippen LogP contribution in [0.2, 0.25) is 0 Å². The highest BCUT2D eigenvalue weighted by molar-refractivity contribution is 5.69. The largest absolute Gasteiger partial charge is 0.439 e. The molecule has 1 unspecified atom stereocenters. The third kappa shape index (κ3) is 4.52. The molecule has 0 fully saturated rings. The van der Waals surface area contributed by atoms with Gasteiger partial charge in [-0.25, -0.2) is 0 Å². The van der Waals surface area contributed by atoms with E-state index in [0.717, 1.165) is 0 Å². The van der Waals surface area contributed by atoms with Gasteiger partial charge < -0.3 is 14.9 Å². The van der Waals surface area contributed by atoms with E-state index in [4.69, 9.17) is 10.2 Å². The standard InChI is InChI=1S/C7H12O4/c1-2-6(4-8)3-7(10)11-5-9/h2,6,8-9H,1,3-5H2. The second-order valence-electron chi connectivity index (χ2n) is 2.03. The SMILES string of the molecule is C=CC(CO)CC(=O)OCO. The van der Waals surface area contributed by atoms with E-state index in [0.29, 0.717) is 0 Å². The fraction of sp³-hybridized carbons (Fsp3) is 0.571. The summed E-state index contributed by atoms with van der Waals surface area (Å²) in [6, 6.07) is 0. The number of hydrogen-bond donors (Lipinski definition) is 2. The summed E-state index contributed by atoms with van der Waals surface area (Å²) in [6.07, 6.45) is 1.53. The van der Waals surface area contributed by atoms with Crippen molar-refractivity contribution in [3.63, 3.8) is 0 Å². The molecule has 64 valence electrons. The molecule has 0 aliphatic rings. The summed E-state index contributed by atoms with van der Waals surface area (Å²) < 4.78 is 4.23. The summed E-state index contributed by atoms with van der Waals surface area (Å²) >= 11 is 0. The summed E-state index contributed by atoms with van der Waals surface area (Å²) in [6.45, 7) is 2.66. The molecule has 0 aromatic heterocycles. The second-order valence-corrected chi connectivity index (χ2v) is 2.03. The summed E-state index contributed by atoms with van der Waals surface area (Å²) in [5, 5.41) is 16.8. The van der Waals surface area contributed by atoms with E-state index in [9.17, 15) is 4.79 Å². The van der Waals surface area contributed by atoms with Gasteiger partial charge >= 0.3 is 5.97 Å². The molecule has 11 heavy (non-hydrogen) atoms. The summed E-state index contributed by atoms with van der Waals surface area (Å²) in [5.41, 5.74) is 0. The Kier molecular flexibility index (Phi) is 5.42. The fourth-order valence-corrected chi connectivity index (χ4v) is 0.567. The van der Waals surface area contributed by atoms with Gasteiger partial charge in [-0.05, 0) is 0 Å². The Morgan fingerprint density at radius 3 is 2.64 bits per heavy atom. The zero-order valence-corrected chi connectivity index (χ0v) is 6.19. The van der Waals surface area contributed by atoms with Gasteiger partial charge in [-0.3, -0.25) is 4.79 Å². The Balaban J connectivity index is 3.62. The van der Waals surface area contributed by atoms with Gasteiger partial charge in [-0.2, -0.15) is 0 Å². The molecule has 0 spiro atoms. The number of hydrogen-bond acceptors (Lipinski definition) is 4. The average molecular weight is 160 g/mol. The molecule has 0 aromatic carbocycles. The lowest BCUT2D eigenvalue weighted by Crippen LogP contribution is -2.13. The maximum Gasteiger partial charge on any atom is 0.308 e. The Hall–Kier alpha value is -0.870. The molecule has 0 aliphatic carbocycles. The molecule has 0 amide bonds. The maximum atomic E-state index is 10.6. The highest BCUT2D eigenvalue weighted by Gasteiger charge is 2.09. The van der Waals surface area contributed by atoms with Crippen molar-refractivity contribution < 1.29 is 19.7 Å². The van der Waals surface area contributed by atoms with Crippen LogP contribution >= 0.6 is 0 Å². The van der Waals surface area contributed by atoms with Crippen molar-refractivity contribution in [3.05, 3.63) is 12.7 Å². The predicted molar refractivity (Wildman–Crippen MR) is 38.6 cm³/mol. The van der Waals surface area contributed by atoms with E-state index in [1.807, 2.05) is 0 Å². The average Bonchev–Trinajstić information content (AvgIpc) is 2.01. The van der Waals surface area contributed by atoms with Crippen LogP contribution in [-0.4, -0.2) is 29.6 Å². The van der Waals surface area contributed by atoms with E-state index < -0.39 is 12.8 Å². The van der Waals surface area contributed by atoms with Crippen molar-refractivity contribution in [3.8, 4) is 0 Å². The Labute approximate surface area is 65.1 Å². The first-order chi connectivity index (χ1) is 5.24. The van der Waals surface area contributed by atoms with Crippen molar-refractivity contribution in [1.29, 1.82) is 0 Å². The monoisotopic (exact) mass is 160 g/mol. The first kappa shape index (κ1) is 10.1. The number of aliphatic hydroxyl groups is 2. The molecule has 4 heteroatoms. The van der Waals surface area contributed by atoms with E-state index in [2.05, 4.69) is 11.3 Å². The van der Waals surface area contributed by atoms with Crippen molar-refractivity contribution in [2.75, 3.05) is 13.4 Å². The molecule has 2 N–H and O–H groups in total. The van der Waals surface area contributed by atoms with Crippen LogP contribution in [0.3, 0.4) is 0 Å². The Morgan fingerprint density at radius 1 is 1.64 bits per heavy atom. The van der Waals surface area contributed by atoms with Crippen LogP contribution in [0.15, 0.2) is 12.7 Å². The maximum absolute atomic E-state index is 10.6. The zero-order valence-electron chi connectivity index (χ0n) is 6.19. The lowest BCUT2D eigenvalue weighted by molar-refractivity contribution is -0.152. The van der Waals surface area contributed by atoms with Gasteiger partial charge in [0.15, 0.2) is 6.79 Å². The molecule has 0 heterocycles. The minimum Gasteiger partial charge on any atom is -0.439 e. The lowest BCUT2D eigenvalue weighted by Gasteiger charge is -2.06. The van der Waals surface area contributed by atoms with E-state index in [1.165, 1.54) is 6.08 Å². The van der Waals surface area contributed by atoms with Gasteiger partial charge in [0.1, 0.15) is 0 Å². The van der Waals surface area contributed by atoms with Crippen molar-refractivity contribution in [1.82, 2.24) is 0 Å². The number of aliphatic hydroxyl groups excluding tert-OH is 2. The van der Waals surface area contributed by atoms with Crippen LogP contribution in [0, 0.1) is 5.92 Å². The smallest absolute Gasteiger partial charge is 0.308 e. The van der Waals surface area contributed by atoms with Gasteiger partial charge in [-0.1, -0.05) is 6.08 Å². The van der Waals surface area contributed by atoms with Gasteiger partial charge in [0.25, 0.3) is 0 Å². The number of rotatable bonds is 5. The Bertz CT molecular complexity index is 132. The molecule has 4 nitrogen and oxygen atoms in total. The molecule has 0 aliphatic heterocycles. The van der Waals surface area contributed by atoms with Crippen molar-refractivity contribution in [2.24, 2.45) is 5.92 Å². The van der Waals surface area contributed by atoms with Crippen LogP contribution in [-0.2, 0) is 9.53 Å². The van der Waals surface area contributed by atoms with Gasteiger partial charge in [0.05, 0.1) is 6.42 Å². The van der Waals surface area contributed by atoms with Gasteiger partial charge in [0.2, 0.25) is 0 Å². The number of carbonyl (C=O) groups is 1. The quantitative estimate of drug-likeness (QED) is 0.328. The van der Waals surface area contributed by atoms with Crippen molar-refractivity contribution >= 4 is 5.97 Å². The molecule has 0 saturated heterocycles. The molecule has 1 atom stereocenters. The van der Waals surface area contributed by atoms with Crippen LogP contribution in [0.5, 0.6) is 0 Å². The molecular weight excluding hydrogens is 148 g/mol. The minimum absolute atomic E-state index is 0.0561. The van der Waals surface area contributed by atoms with Gasteiger partial charge in [-0.15, -0.1) is 6.58 Å². The Morgan fingerprint density at radius 2 is 2.27 bits per heavy atom. The molecule has 0 bridgehead atoms. The molecule has 0 aromatic rings. The molecule has 0 saturated carbocycles. The van der Waals surface area contributed by atoms with Gasteiger partial charge in [0, 0.05) is 12.5 Å².